The van der Waals surface area contributed by atoms with E-state index in [2.05, 4.69) is 5.43 Å². The SMILES string of the molecule is CC(NN(C)C)=C(C#N)C(=O)NC(N)=O. The minimum Gasteiger partial charge on any atom is -0.351 e. The van der Waals surface area contributed by atoms with E-state index in [0.29, 0.717) is 5.70 Å². The van der Waals surface area contributed by atoms with E-state index in [9.17, 15) is 9.59 Å². The number of allylic oxidation sites excluding steroid dienone is 1. The molecule has 0 saturated heterocycles. The monoisotopic (exact) mass is 211 g/mol. The molecule has 0 aliphatic rings. The quantitative estimate of drug-likeness (QED) is 0.316. The number of nitrogens with one attached hydrogen (secondary N) is 2. The number of urea groups is 1. The summed E-state index contributed by atoms with van der Waals surface area (Å²) in [5.41, 5.74) is 7.62. The lowest BCUT2D eigenvalue weighted by Crippen LogP contribution is -2.38. The summed E-state index contributed by atoms with van der Waals surface area (Å²) in [6.45, 7) is 1.54. The van der Waals surface area contributed by atoms with E-state index in [1.165, 1.54) is 0 Å². The van der Waals surface area contributed by atoms with E-state index >= 15 is 0 Å². The van der Waals surface area contributed by atoms with Gasteiger partial charge in [-0.3, -0.25) is 10.1 Å². The molecule has 0 heterocycles. The molecule has 0 aliphatic heterocycles. The fourth-order valence-corrected chi connectivity index (χ4v) is 0.871. The number of carbonyl (C=O) groups excluding carboxylic acids is 2. The molecular formula is C8H13N5O2. The van der Waals surface area contributed by atoms with Crippen molar-refractivity contribution in [1.82, 2.24) is 15.8 Å². The van der Waals surface area contributed by atoms with Crippen LogP contribution in [0.4, 0.5) is 4.79 Å². The third kappa shape index (κ3) is 4.64. The van der Waals surface area contributed by atoms with Crippen molar-refractivity contribution in [2.45, 2.75) is 6.92 Å². The molecule has 0 fully saturated rings. The molecule has 7 nitrogen and oxygen atoms in total. The molecule has 0 unspecified atom stereocenters. The first kappa shape index (κ1) is 12.9. The number of amides is 3. The van der Waals surface area contributed by atoms with Gasteiger partial charge in [0.1, 0.15) is 11.6 Å². The number of hydrogen-bond donors (Lipinski definition) is 3. The average molecular weight is 211 g/mol. The van der Waals surface area contributed by atoms with E-state index in [-0.39, 0.29) is 5.57 Å². The Labute approximate surface area is 87.5 Å². The molecule has 3 amide bonds. The molecule has 0 radical (unpaired) electrons. The summed E-state index contributed by atoms with van der Waals surface area (Å²) >= 11 is 0. The van der Waals surface area contributed by atoms with Crippen LogP contribution in [-0.4, -0.2) is 31.0 Å². The predicted octanol–water partition coefficient (Wildman–Crippen LogP) is -0.955. The minimum atomic E-state index is -0.995. The maximum atomic E-state index is 11.3. The zero-order chi connectivity index (χ0) is 12.0. The summed E-state index contributed by atoms with van der Waals surface area (Å²) in [5, 5.41) is 12.1. The molecule has 0 rings (SSSR count). The first-order valence-electron chi connectivity index (χ1n) is 4.04. The highest BCUT2D eigenvalue weighted by atomic mass is 16.2. The van der Waals surface area contributed by atoms with Crippen LogP contribution in [0.1, 0.15) is 6.92 Å². The van der Waals surface area contributed by atoms with Crippen molar-refractivity contribution in [2.75, 3.05) is 14.1 Å². The third-order valence-electron chi connectivity index (χ3n) is 1.34. The van der Waals surface area contributed by atoms with Gasteiger partial charge in [-0.1, -0.05) is 0 Å². The van der Waals surface area contributed by atoms with Crippen molar-refractivity contribution in [3.05, 3.63) is 11.3 Å². The van der Waals surface area contributed by atoms with Crippen molar-refractivity contribution >= 4 is 11.9 Å². The van der Waals surface area contributed by atoms with Crippen LogP contribution in [-0.2, 0) is 4.79 Å². The number of nitriles is 1. The highest BCUT2D eigenvalue weighted by Gasteiger charge is 2.14. The Morgan fingerprint density at radius 2 is 1.93 bits per heavy atom. The van der Waals surface area contributed by atoms with Crippen LogP contribution in [0.2, 0.25) is 0 Å². The summed E-state index contributed by atoms with van der Waals surface area (Å²) in [7, 11) is 3.40. The Morgan fingerprint density at radius 1 is 1.40 bits per heavy atom. The van der Waals surface area contributed by atoms with Gasteiger partial charge in [0.2, 0.25) is 0 Å². The lowest BCUT2D eigenvalue weighted by atomic mass is 10.2. The highest BCUT2D eigenvalue weighted by molar-refractivity contribution is 6.06. The lowest BCUT2D eigenvalue weighted by molar-refractivity contribution is -0.116. The van der Waals surface area contributed by atoms with E-state index in [1.807, 2.05) is 5.32 Å². The van der Waals surface area contributed by atoms with E-state index in [1.54, 1.807) is 32.1 Å². The van der Waals surface area contributed by atoms with Gasteiger partial charge in [-0.25, -0.2) is 9.80 Å². The van der Waals surface area contributed by atoms with Gasteiger partial charge in [-0.2, -0.15) is 5.26 Å². The molecule has 0 aromatic heterocycles. The molecule has 82 valence electrons. The Morgan fingerprint density at radius 3 is 2.27 bits per heavy atom. The van der Waals surface area contributed by atoms with Gasteiger partial charge in [0, 0.05) is 19.8 Å². The van der Waals surface area contributed by atoms with Crippen LogP contribution in [0.3, 0.4) is 0 Å². The number of hydrazine groups is 1. The van der Waals surface area contributed by atoms with Gasteiger partial charge >= 0.3 is 6.03 Å². The second-order valence-corrected chi connectivity index (χ2v) is 2.94. The minimum absolute atomic E-state index is 0.192. The number of nitrogens with two attached hydrogens (primary N) is 1. The zero-order valence-electron chi connectivity index (χ0n) is 8.79. The number of nitrogens with zero attached hydrogens (tertiary/aromatic N) is 2. The van der Waals surface area contributed by atoms with Crippen LogP contribution in [0.15, 0.2) is 11.3 Å². The summed E-state index contributed by atoms with van der Waals surface area (Å²) in [5.74, 6) is -0.822. The third-order valence-corrected chi connectivity index (χ3v) is 1.34. The zero-order valence-corrected chi connectivity index (χ0v) is 8.79. The Kier molecular flexibility index (Phi) is 4.84. The predicted molar refractivity (Wildman–Crippen MR) is 52.9 cm³/mol. The van der Waals surface area contributed by atoms with Gasteiger partial charge in [-0.15, -0.1) is 0 Å². The Hall–Kier alpha value is -2.07. The largest absolute Gasteiger partial charge is 0.351 e. The first-order valence-corrected chi connectivity index (χ1v) is 4.04. The van der Waals surface area contributed by atoms with Crippen molar-refractivity contribution in [3.8, 4) is 6.07 Å². The molecule has 7 heteroatoms. The van der Waals surface area contributed by atoms with E-state index in [0.717, 1.165) is 0 Å². The normalized spacial score (nSPS) is 11.4. The van der Waals surface area contributed by atoms with Gasteiger partial charge in [0.25, 0.3) is 5.91 Å². The maximum absolute atomic E-state index is 11.3. The van der Waals surface area contributed by atoms with E-state index < -0.39 is 11.9 Å². The first-order chi connectivity index (χ1) is 6.88. The van der Waals surface area contributed by atoms with Crippen LogP contribution < -0.4 is 16.5 Å². The fraction of sp³-hybridized carbons (Fsp3) is 0.375. The molecule has 0 bridgehead atoms. The molecular weight excluding hydrogens is 198 g/mol. The topological polar surface area (TPSA) is 111 Å². The van der Waals surface area contributed by atoms with Crippen molar-refractivity contribution < 1.29 is 9.59 Å². The molecule has 0 aromatic carbocycles. The van der Waals surface area contributed by atoms with Crippen molar-refractivity contribution in [1.29, 1.82) is 5.26 Å². The van der Waals surface area contributed by atoms with Crippen LogP contribution in [0.5, 0.6) is 0 Å². The summed E-state index contributed by atoms with van der Waals surface area (Å²) in [6.07, 6.45) is 0. The number of carbonyl (C=O) groups is 2. The molecule has 0 aliphatic carbocycles. The number of hydrogen-bond acceptors (Lipinski definition) is 5. The van der Waals surface area contributed by atoms with Gasteiger partial charge in [0.05, 0.1) is 0 Å². The standard InChI is InChI=1S/C8H13N5O2/c1-5(12-13(2)3)6(4-9)7(14)11-8(10)15/h12H,1-3H3,(H3,10,11,14,15). The molecule has 0 spiro atoms. The van der Waals surface area contributed by atoms with Gasteiger partial charge < -0.3 is 11.2 Å². The highest BCUT2D eigenvalue weighted by Crippen LogP contribution is 1.99. The number of imide groups is 1. The smallest absolute Gasteiger partial charge is 0.319 e. The molecule has 0 atom stereocenters. The molecule has 0 aromatic rings. The summed E-state index contributed by atoms with van der Waals surface area (Å²) in [6, 6.07) is 0.688. The van der Waals surface area contributed by atoms with Gasteiger partial charge in [-0.05, 0) is 6.92 Å². The summed E-state index contributed by atoms with van der Waals surface area (Å²) in [4.78, 5) is 21.7. The number of primary amides is 1. The molecule has 15 heavy (non-hydrogen) atoms. The average Bonchev–Trinajstić information content (AvgIpc) is 2.01. The second-order valence-electron chi connectivity index (χ2n) is 2.94. The second kappa shape index (κ2) is 5.62. The fourth-order valence-electron chi connectivity index (χ4n) is 0.871. The van der Waals surface area contributed by atoms with Crippen molar-refractivity contribution in [2.24, 2.45) is 5.73 Å². The van der Waals surface area contributed by atoms with Crippen LogP contribution in [0, 0.1) is 11.3 Å². The van der Waals surface area contributed by atoms with E-state index in [4.69, 9.17) is 11.0 Å². The van der Waals surface area contributed by atoms with Gasteiger partial charge in [0.15, 0.2) is 0 Å². The van der Waals surface area contributed by atoms with Crippen LogP contribution in [0.25, 0.3) is 0 Å². The van der Waals surface area contributed by atoms with Crippen LogP contribution >= 0.6 is 0 Å². The maximum Gasteiger partial charge on any atom is 0.319 e. The van der Waals surface area contributed by atoms with Crippen molar-refractivity contribution in [3.63, 3.8) is 0 Å². The molecule has 4 N–H and O–H groups in total. The molecule has 0 saturated carbocycles. The Balaban J connectivity index is 4.82. The lowest BCUT2D eigenvalue weighted by Gasteiger charge is -2.14. The Bertz CT molecular complexity index is 339. The number of rotatable bonds is 3. The summed E-state index contributed by atoms with van der Waals surface area (Å²) < 4.78 is 0.